The SMILES string of the molecule is CCCCCNc1c(Br)cc(Br)cc1Br. The molecule has 1 N–H and O–H groups in total. The molecule has 1 rings (SSSR count). The van der Waals surface area contributed by atoms with Crippen LogP contribution >= 0.6 is 47.8 Å². The molecule has 0 fully saturated rings. The Hall–Kier alpha value is 0.460. The second kappa shape index (κ2) is 6.92. The van der Waals surface area contributed by atoms with Crippen molar-refractivity contribution in [2.45, 2.75) is 26.2 Å². The van der Waals surface area contributed by atoms with Crippen molar-refractivity contribution < 1.29 is 0 Å². The maximum Gasteiger partial charge on any atom is 0.0629 e. The molecular weight excluding hydrogens is 386 g/mol. The number of unbranched alkanes of at least 4 members (excludes halogenated alkanes) is 2. The Morgan fingerprint density at radius 3 is 2.20 bits per heavy atom. The van der Waals surface area contributed by atoms with Crippen LogP contribution < -0.4 is 5.32 Å². The summed E-state index contributed by atoms with van der Waals surface area (Å²) >= 11 is 10.5. The molecule has 0 aromatic heterocycles. The minimum atomic E-state index is 1.02. The highest BCUT2D eigenvalue weighted by Crippen LogP contribution is 2.34. The molecule has 1 aromatic carbocycles. The summed E-state index contributed by atoms with van der Waals surface area (Å²) in [6.07, 6.45) is 3.74. The lowest BCUT2D eigenvalue weighted by atomic mass is 10.2. The highest BCUT2D eigenvalue weighted by molar-refractivity contribution is 9.11. The monoisotopic (exact) mass is 397 g/mol. The molecule has 0 saturated carbocycles. The zero-order valence-electron chi connectivity index (χ0n) is 8.62. The van der Waals surface area contributed by atoms with Gasteiger partial charge in [0, 0.05) is 20.0 Å². The van der Waals surface area contributed by atoms with Crippen molar-refractivity contribution in [3.8, 4) is 0 Å². The van der Waals surface area contributed by atoms with Crippen LogP contribution in [0.5, 0.6) is 0 Å². The van der Waals surface area contributed by atoms with Gasteiger partial charge in [-0.25, -0.2) is 0 Å². The maximum atomic E-state index is 3.54. The van der Waals surface area contributed by atoms with Crippen LogP contribution in [0.2, 0.25) is 0 Å². The summed E-state index contributed by atoms with van der Waals surface area (Å²) in [5.41, 5.74) is 1.13. The van der Waals surface area contributed by atoms with Crippen molar-refractivity contribution in [3.63, 3.8) is 0 Å². The lowest BCUT2D eigenvalue weighted by molar-refractivity contribution is 0.743. The standard InChI is InChI=1S/C11H14Br3N/c1-2-3-4-5-15-11-9(13)6-8(12)7-10(11)14/h6-7,15H,2-5H2,1H3. The average molecular weight is 400 g/mol. The highest BCUT2D eigenvalue weighted by Gasteiger charge is 2.05. The fraction of sp³-hybridized carbons (Fsp3) is 0.455. The van der Waals surface area contributed by atoms with E-state index < -0.39 is 0 Å². The molecular formula is C11H14Br3N. The quantitative estimate of drug-likeness (QED) is 0.637. The van der Waals surface area contributed by atoms with Gasteiger partial charge in [-0.2, -0.15) is 0 Å². The van der Waals surface area contributed by atoms with Gasteiger partial charge in [0.05, 0.1) is 5.69 Å². The van der Waals surface area contributed by atoms with Crippen molar-refractivity contribution in [3.05, 3.63) is 25.6 Å². The zero-order valence-corrected chi connectivity index (χ0v) is 13.4. The molecule has 0 unspecified atom stereocenters. The first kappa shape index (κ1) is 13.5. The van der Waals surface area contributed by atoms with Gasteiger partial charge in [-0.3, -0.25) is 0 Å². The van der Waals surface area contributed by atoms with Crippen molar-refractivity contribution in [1.29, 1.82) is 0 Å². The average Bonchev–Trinajstić information content (AvgIpc) is 2.15. The Balaban J connectivity index is 2.60. The van der Waals surface area contributed by atoms with Crippen molar-refractivity contribution in [1.82, 2.24) is 0 Å². The normalized spacial score (nSPS) is 10.4. The smallest absolute Gasteiger partial charge is 0.0629 e. The summed E-state index contributed by atoms with van der Waals surface area (Å²) in [7, 11) is 0. The van der Waals surface area contributed by atoms with E-state index in [0.29, 0.717) is 0 Å². The van der Waals surface area contributed by atoms with Crippen LogP contribution in [-0.4, -0.2) is 6.54 Å². The van der Waals surface area contributed by atoms with Crippen molar-refractivity contribution in [2.75, 3.05) is 11.9 Å². The second-order valence-corrected chi connectivity index (χ2v) is 6.00. The molecule has 0 aliphatic rings. The molecule has 4 heteroatoms. The van der Waals surface area contributed by atoms with Gasteiger partial charge in [0.15, 0.2) is 0 Å². The number of nitrogens with one attached hydrogen (secondary N) is 1. The van der Waals surface area contributed by atoms with E-state index >= 15 is 0 Å². The molecule has 0 heterocycles. The molecule has 0 aliphatic heterocycles. The van der Waals surface area contributed by atoms with E-state index in [9.17, 15) is 0 Å². The summed E-state index contributed by atoms with van der Waals surface area (Å²) in [4.78, 5) is 0. The summed E-state index contributed by atoms with van der Waals surface area (Å²) < 4.78 is 3.24. The van der Waals surface area contributed by atoms with E-state index in [2.05, 4.69) is 60.0 Å². The lowest BCUT2D eigenvalue weighted by Gasteiger charge is -2.11. The minimum Gasteiger partial charge on any atom is -0.383 e. The van der Waals surface area contributed by atoms with Crippen LogP contribution in [0.3, 0.4) is 0 Å². The summed E-state index contributed by atoms with van der Waals surface area (Å²) in [6, 6.07) is 4.10. The van der Waals surface area contributed by atoms with Crippen molar-refractivity contribution >= 4 is 53.5 Å². The van der Waals surface area contributed by atoms with Gasteiger partial charge in [-0.1, -0.05) is 35.7 Å². The van der Waals surface area contributed by atoms with Gasteiger partial charge in [-0.05, 0) is 50.4 Å². The number of anilines is 1. The first-order valence-corrected chi connectivity index (χ1v) is 7.41. The largest absolute Gasteiger partial charge is 0.383 e. The van der Waals surface area contributed by atoms with E-state index in [1.807, 2.05) is 12.1 Å². The Bertz CT molecular complexity index is 303. The fourth-order valence-electron chi connectivity index (χ4n) is 1.30. The van der Waals surface area contributed by atoms with Gasteiger partial charge in [-0.15, -0.1) is 0 Å². The van der Waals surface area contributed by atoms with E-state index in [4.69, 9.17) is 0 Å². The van der Waals surface area contributed by atoms with Crippen LogP contribution in [-0.2, 0) is 0 Å². The van der Waals surface area contributed by atoms with Crippen LogP contribution in [0.25, 0.3) is 0 Å². The molecule has 1 aromatic rings. The van der Waals surface area contributed by atoms with E-state index in [1.165, 1.54) is 19.3 Å². The molecule has 0 spiro atoms. The summed E-state index contributed by atoms with van der Waals surface area (Å²) in [5, 5.41) is 3.43. The molecule has 0 bridgehead atoms. The third kappa shape index (κ3) is 4.45. The molecule has 0 aliphatic carbocycles. The third-order valence-electron chi connectivity index (χ3n) is 2.09. The molecule has 84 valence electrons. The maximum absolute atomic E-state index is 3.54. The lowest BCUT2D eigenvalue weighted by Crippen LogP contribution is -2.02. The van der Waals surface area contributed by atoms with Crippen LogP contribution in [0.1, 0.15) is 26.2 Å². The number of hydrogen-bond acceptors (Lipinski definition) is 1. The number of hydrogen-bond donors (Lipinski definition) is 1. The topological polar surface area (TPSA) is 12.0 Å². The van der Waals surface area contributed by atoms with Crippen LogP contribution in [0.15, 0.2) is 25.6 Å². The van der Waals surface area contributed by atoms with E-state index in [1.54, 1.807) is 0 Å². The molecule has 15 heavy (non-hydrogen) atoms. The first-order chi connectivity index (χ1) is 7.15. The Labute approximate surface area is 116 Å². The van der Waals surface area contributed by atoms with Gasteiger partial charge >= 0.3 is 0 Å². The van der Waals surface area contributed by atoms with Crippen LogP contribution in [0.4, 0.5) is 5.69 Å². The van der Waals surface area contributed by atoms with Gasteiger partial charge in [0.25, 0.3) is 0 Å². The molecule has 0 amide bonds. The third-order valence-corrected chi connectivity index (χ3v) is 3.80. The number of rotatable bonds is 5. The van der Waals surface area contributed by atoms with Gasteiger partial charge < -0.3 is 5.32 Å². The number of benzene rings is 1. The molecule has 0 atom stereocenters. The highest BCUT2D eigenvalue weighted by atomic mass is 79.9. The minimum absolute atomic E-state index is 1.02. The fourth-order valence-corrected chi connectivity index (χ4v) is 3.84. The Morgan fingerprint density at radius 1 is 1.07 bits per heavy atom. The van der Waals surface area contributed by atoms with Crippen molar-refractivity contribution in [2.24, 2.45) is 0 Å². The zero-order chi connectivity index (χ0) is 11.3. The second-order valence-electron chi connectivity index (χ2n) is 3.38. The van der Waals surface area contributed by atoms with E-state index in [0.717, 1.165) is 25.7 Å². The van der Waals surface area contributed by atoms with E-state index in [-0.39, 0.29) is 0 Å². The Morgan fingerprint density at radius 2 is 1.67 bits per heavy atom. The van der Waals surface area contributed by atoms with Gasteiger partial charge in [0.1, 0.15) is 0 Å². The summed E-state index contributed by atoms with van der Waals surface area (Å²) in [6.45, 7) is 3.23. The predicted molar refractivity (Wildman–Crippen MR) is 77.6 cm³/mol. The molecule has 1 nitrogen and oxygen atoms in total. The number of halogens is 3. The van der Waals surface area contributed by atoms with Crippen LogP contribution in [0, 0.1) is 0 Å². The molecule has 0 saturated heterocycles. The predicted octanol–water partition coefficient (Wildman–Crippen LogP) is 5.58. The van der Waals surface area contributed by atoms with Gasteiger partial charge in [0.2, 0.25) is 0 Å². The molecule has 0 radical (unpaired) electrons. The Kier molecular flexibility index (Phi) is 6.24. The summed E-state index contributed by atoms with van der Waals surface area (Å²) in [5.74, 6) is 0. The first-order valence-electron chi connectivity index (χ1n) is 5.03.